The molecule has 0 aliphatic heterocycles. The van der Waals surface area contributed by atoms with Crippen molar-refractivity contribution >= 4 is 6.29 Å². The molecule has 118 valence electrons. The van der Waals surface area contributed by atoms with Gasteiger partial charge in [0, 0.05) is 5.56 Å². The maximum atomic E-state index is 10.8. The van der Waals surface area contributed by atoms with Gasteiger partial charge in [0.05, 0.1) is 6.10 Å². The SMILES string of the molecule is CC1(C)CCCC2=C1CC(C(O)c1ccc(C=O)cc1)CC2. The van der Waals surface area contributed by atoms with Crippen molar-refractivity contribution in [1.29, 1.82) is 0 Å². The summed E-state index contributed by atoms with van der Waals surface area (Å²) >= 11 is 0. The summed E-state index contributed by atoms with van der Waals surface area (Å²) in [6.45, 7) is 4.71. The van der Waals surface area contributed by atoms with E-state index in [1.807, 2.05) is 12.1 Å². The molecule has 0 aromatic heterocycles. The summed E-state index contributed by atoms with van der Waals surface area (Å²) in [5.41, 5.74) is 5.17. The molecule has 2 atom stereocenters. The first-order valence-corrected chi connectivity index (χ1v) is 8.46. The van der Waals surface area contributed by atoms with Crippen LogP contribution in [-0.4, -0.2) is 11.4 Å². The highest BCUT2D eigenvalue weighted by molar-refractivity contribution is 5.74. The summed E-state index contributed by atoms with van der Waals surface area (Å²) < 4.78 is 0. The van der Waals surface area contributed by atoms with E-state index in [1.165, 1.54) is 19.3 Å². The van der Waals surface area contributed by atoms with Crippen molar-refractivity contribution in [2.24, 2.45) is 11.3 Å². The monoisotopic (exact) mass is 298 g/mol. The molecule has 0 bridgehead atoms. The number of aliphatic hydroxyl groups excluding tert-OH is 1. The van der Waals surface area contributed by atoms with E-state index in [4.69, 9.17) is 0 Å². The van der Waals surface area contributed by atoms with Gasteiger partial charge in [0.1, 0.15) is 6.29 Å². The van der Waals surface area contributed by atoms with Gasteiger partial charge in [-0.05, 0) is 55.4 Å². The van der Waals surface area contributed by atoms with E-state index < -0.39 is 6.10 Å². The van der Waals surface area contributed by atoms with Crippen molar-refractivity contribution in [2.75, 3.05) is 0 Å². The predicted molar refractivity (Wildman–Crippen MR) is 88.8 cm³/mol. The van der Waals surface area contributed by atoms with E-state index in [9.17, 15) is 9.90 Å². The van der Waals surface area contributed by atoms with Gasteiger partial charge in [-0.2, -0.15) is 0 Å². The molecule has 0 heterocycles. The van der Waals surface area contributed by atoms with E-state index >= 15 is 0 Å². The Morgan fingerprint density at radius 1 is 1.23 bits per heavy atom. The van der Waals surface area contributed by atoms with Crippen molar-refractivity contribution in [2.45, 2.75) is 58.5 Å². The predicted octanol–water partition coefficient (Wildman–Crippen LogP) is 4.84. The molecule has 0 saturated heterocycles. The molecule has 1 N–H and O–H groups in total. The van der Waals surface area contributed by atoms with Crippen LogP contribution in [0.5, 0.6) is 0 Å². The smallest absolute Gasteiger partial charge is 0.150 e. The third kappa shape index (κ3) is 2.89. The van der Waals surface area contributed by atoms with Crippen LogP contribution < -0.4 is 0 Å². The van der Waals surface area contributed by atoms with Crippen molar-refractivity contribution in [1.82, 2.24) is 0 Å². The average Bonchev–Trinajstić information content (AvgIpc) is 2.54. The first kappa shape index (κ1) is 15.5. The Morgan fingerprint density at radius 2 is 1.95 bits per heavy atom. The number of aliphatic hydroxyl groups is 1. The van der Waals surface area contributed by atoms with Gasteiger partial charge in [-0.1, -0.05) is 49.3 Å². The lowest BCUT2D eigenvalue weighted by molar-refractivity contribution is 0.0928. The van der Waals surface area contributed by atoms with Crippen molar-refractivity contribution < 1.29 is 9.90 Å². The molecule has 22 heavy (non-hydrogen) atoms. The molecule has 2 unspecified atom stereocenters. The van der Waals surface area contributed by atoms with Gasteiger partial charge < -0.3 is 5.11 Å². The van der Waals surface area contributed by atoms with Crippen LogP contribution in [-0.2, 0) is 0 Å². The average molecular weight is 298 g/mol. The van der Waals surface area contributed by atoms with Crippen LogP contribution in [0, 0.1) is 11.3 Å². The van der Waals surface area contributed by atoms with Crippen LogP contribution in [0.15, 0.2) is 35.4 Å². The lowest BCUT2D eigenvalue weighted by Gasteiger charge is -2.41. The van der Waals surface area contributed by atoms with Crippen LogP contribution in [0.1, 0.15) is 74.4 Å². The highest BCUT2D eigenvalue weighted by Gasteiger charge is 2.36. The second-order valence-electron chi connectivity index (χ2n) is 7.55. The summed E-state index contributed by atoms with van der Waals surface area (Å²) in [5, 5.41) is 10.8. The molecular weight excluding hydrogens is 272 g/mol. The zero-order chi connectivity index (χ0) is 15.7. The fraction of sp³-hybridized carbons (Fsp3) is 0.550. The van der Waals surface area contributed by atoms with Gasteiger partial charge in [-0.25, -0.2) is 0 Å². The number of aldehydes is 1. The minimum atomic E-state index is -0.424. The molecule has 0 saturated carbocycles. The second kappa shape index (κ2) is 6.00. The molecule has 1 aromatic carbocycles. The summed E-state index contributed by atoms with van der Waals surface area (Å²) in [7, 11) is 0. The van der Waals surface area contributed by atoms with Gasteiger partial charge in [-0.3, -0.25) is 4.79 Å². The van der Waals surface area contributed by atoms with E-state index in [2.05, 4.69) is 13.8 Å². The Labute approximate surface area is 133 Å². The van der Waals surface area contributed by atoms with Crippen LogP contribution >= 0.6 is 0 Å². The molecule has 3 rings (SSSR count). The fourth-order valence-electron chi connectivity index (χ4n) is 4.26. The molecule has 1 aromatic rings. The van der Waals surface area contributed by atoms with Gasteiger partial charge >= 0.3 is 0 Å². The van der Waals surface area contributed by atoms with Gasteiger partial charge in [0.15, 0.2) is 0 Å². The van der Waals surface area contributed by atoms with Gasteiger partial charge in [0.25, 0.3) is 0 Å². The zero-order valence-corrected chi connectivity index (χ0v) is 13.6. The standard InChI is InChI=1S/C20H26O2/c1-20(2)11-3-4-15-9-10-17(12-18(15)20)19(22)16-7-5-14(13-21)6-8-16/h5-8,13,17,19,22H,3-4,9-12H2,1-2H3. The van der Waals surface area contributed by atoms with E-state index in [0.717, 1.165) is 31.1 Å². The minimum absolute atomic E-state index is 0.299. The summed E-state index contributed by atoms with van der Waals surface area (Å²) in [6.07, 6.45) is 7.51. The van der Waals surface area contributed by atoms with Crippen molar-refractivity contribution in [3.63, 3.8) is 0 Å². The lowest BCUT2D eigenvalue weighted by Crippen LogP contribution is -2.28. The molecule has 2 aliphatic rings. The Morgan fingerprint density at radius 3 is 2.64 bits per heavy atom. The Bertz CT molecular complexity index is 580. The van der Waals surface area contributed by atoms with E-state index in [-0.39, 0.29) is 0 Å². The number of allylic oxidation sites excluding steroid dienone is 2. The normalized spacial score (nSPS) is 25.5. The zero-order valence-electron chi connectivity index (χ0n) is 13.6. The van der Waals surface area contributed by atoms with Crippen LogP contribution in [0.25, 0.3) is 0 Å². The highest BCUT2D eigenvalue weighted by atomic mass is 16.3. The molecule has 2 heteroatoms. The molecule has 0 spiro atoms. The molecule has 0 amide bonds. The number of benzene rings is 1. The Hall–Kier alpha value is -1.41. The van der Waals surface area contributed by atoms with Crippen molar-refractivity contribution in [3.8, 4) is 0 Å². The van der Waals surface area contributed by atoms with E-state index in [1.54, 1.807) is 23.3 Å². The first-order valence-electron chi connectivity index (χ1n) is 8.46. The summed E-state index contributed by atoms with van der Waals surface area (Å²) in [5.74, 6) is 0.304. The van der Waals surface area contributed by atoms with Crippen LogP contribution in [0.2, 0.25) is 0 Å². The first-order chi connectivity index (χ1) is 10.5. The number of hydrogen-bond acceptors (Lipinski definition) is 2. The largest absolute Gasteiger partial charge is 0.388 e. The van der Waals surface area contributed by atoms with E-state index in [0.29, 0.717) is 16.9 Å². The van der Waals surface area contributed by atoms with Crippen LogP contribution in [0.4, 0.5) is 0 Å². The molecule has 2 aliphatic carbocycles. The number of rotatable bonds is 3. The Kier molecular flexibility index (Phi) is 4.22. The fourth-order valence-corrected chi connectivity index (χ4v) is 4.26. The third-order valence-corrected chi connectivity index (χ3v) is 5.67. The molecule has 2 nitrogen and oxygen atoms in total. The molecular formula is C20H26O2. The maximum absolute atomic E-state index is 10.8. The van der Waals surface area contributed by atoms with Gasteiger partial charge in [0.2, 0.25) is 0 Å². The summed E-state index contributed by atoms with van der Waals surface area (Å²) in [4.78, 5) is 10.7. The highest BCUT2D eigenvalue weighted by Crippen LogP contribution is 2.49. The van der Waals surface area contributed by atoms with Gasteiger partial charge in [-0.15, -0.1) is 0 Å². The number of carbonyl (C=O) groups excluding carboxylic acids is 1. The quantitative estimate of drug-likeness (QED) is 0.640. The molecule has 0 fully saturated rings. The lowest BCUT2D eigenvalue weighted by atomic mass is 9.64. The minimum Gasteiger partial charge on any atom is -0.388 e. The molecule has 0 radical (unpaired) electrons. The third-order valence-electron chi connectivity index (χ3n) is 5.67. The number of hydrogen-bond donors (Lipinski definition) is 1. The second-order valence-corrected chi connectivity index (χ2v) is 7.55. The van der Waals surface area contributed by atoms with Crippen LogP contribution in [0.3, 0.4) is 0 Å². The topological polar surface area (TPSA) is 37.3 Å². The Balaban J connectivity index is 1.78. The maximum Gasteiger partial charge on any atom is 0.150 e. The summed E-state index contributed by atoms with van der Waals surface area (Å²) in [6, 6.07) is 7.38. The number of carbonyl (C=O) groups is 1. The van der Waals surface area contributed by atoms with Crippen molar-refractivity contribution in [3.05, 3.63) is 46.5 Å².